The Kier molecular flexibility index (Phi) is 4.97. The van der Waals surface area contributed by atoms with Crippen LogP contribution in [0.15, 0.2) is 47.1 Å². The highest BCUT2D eigenvalue weighted by Gasteiger charge is 2.71. The van der Waals surface area contributed by atoms with Gasteiger partial charge in [-0.3, -0.25) is 9.59 Å². The lowest BCUT2D eigenvalue weighted by molar-refractivity contribution is -0.174. The molecule has 33 heavy (non-hydrogen) atoms. The Morgan fingerprint density at radius 1 is 1.15 bits per heavy atom. The highest BCUT2D eigenvalue weighted by Crippen LogP contribution is 2.65. The van der Waals surface area contributed by atoms with Gasteiger partial charge < -0.3 is 13.9 Å². The molecule has 2 saturated carbocycles. The van der Waals surface area contributed by atoms with Crippen LogP contribution in [0, 0.1) is 28.6 Å². The maximum absolute atomic E-state index is 13.5. The number of hydrogen-bond donors (Lipinski definition) is 0. The molecule has 2 bridgehead atoms. The number of benzene rings is 1. The number of carbonyl (C=O) groups is 3. The molecular weight excluding hydrogens is 420 g/mol. The van der Waals surface area contributed by atoms with E-state index in [0.29, 0.717) is 24.2 Å². The van der Waals surface area contributed by atoms with E-state index in [1.807, 2.05) is 19.9 Å². The van der Waals surface area contributed by atoms with Crippen molar-refractivity contribution in [3.63, 3.8) is 0 Å². The Bertz CT molecular complexity index is 1180. The molecule has 6 unspecified atom stereocenters. The van der Waals surface area contributed by atoms with Crippen molar-refractivity contribution >= 4 is 17.7 Å². The maximum Gasteiger partial charge on any atom is 0.338 e. The summed E-state index contributed by atoms with van der Waals surface area (Å²) in [6, 6.07) is 10.5. The first-order valence-electron chi connectivity index (χ1n) is 11.3. The SMILES string of the molecule is CC#Cc1occc1C1CC(=O)C2CC3CC(C)(C(=O)O3)C2(C)C1OC(=O)c1ccccc1. The number of rotatable bonds is 3. The van der Waals surface area contributed by atoms with Gasteiger partial charge >= 0.3 is 11.9 Å². The standard InChI is InChI=1S/C27H26O6/c1-4-8-22-18(11-12-31-22)19-14-21(28)20-13-17-15-26(2,25(30)32-17)27(20,3)23(19)33-24(29)16-9-6-5-7-10-16/h5-7,9-12,17,19-20,23H,13-15H2,1-3H3. The van der Waals surface area contributed by atoms with Gasteiger partial charge in [-0.15, -0.1) is 0 Å². The van der Waals surface area contributed by atoms with Crippen molar-refractivity contribution < 1.29 is 28.3 Å². The van der Waals surface area contributed by atoms with E-state index in [-0.39, 0.29) is 24.3 Å². The average Bonchev–Trinajstić information content (AvgIpc) is 3.36. The van der Waals surface area contributed by atoms with E-state index in [1.165, 1.54) is 6.26 Å². The van der Waals surface area contributed by atoms with Crippen molar-refractivity contribution in [2.45, 2.75) is 58.2 Å². The number of carbonyl (C=O) groups excluding carboxylic acids is 3. The topological polar surface area (TPSA) is 82.8 Å². The summed E-state index contributed by atoms with van der Waals surface area (Å²) in [5.41, 5.74) is -0.741. The molecule has 3 aliphatic rings. The van der Waals surface area contributed by atoms with Gasteiger partial charge in [-0.25, -0.2) is 4.79 Å². The molecule has 6 heteroatoms. The van der Waals surface area contributed by atoms with E-state index in [1.54, 1.807) is 37.3 Å². The second-order valence-corrected chi connectivity index (χ2v) is 9.68. The molecule has 0 spiro atoms. The van der Waals surface area contributed by atoms with Crippen molar-refractivity contribution in [2.24, 2.45) is 16.7 Å². The average molecular weight is 446 g/mol. The smallest absolute Gasteiger partial charge is 0.338 e. The van der Waals surface area contributed by atoms with E-state index in [0.717, 1.165) is 5.56 Å². The summed E-state index contributed by atoms with van der Waals surface area (Å²) in [6.07, 6.45) is 1.66. The van der Waals surface area contributed by atoms with Crippen LogP contribution >= 0.6 is 0 Å². The third kappa shape index (κ3) is 3.06. The van der Waals surface area contributed by atoms with E-state index in [4.69, 9.17) is 13.9 Å². The van der Waals surface area contributed by atoms with Crippen molar-refractivity contribution in [1.29, 1.82) is 0 Å². The highest BCUT2D eigenvalue weighted by atomic mass is 16.6. The van der Waals surface area contributed by atoms with Crippen LogP contribution in [-0.4, -0.2) is 29.9 Å². The van der Waals surface area contributed by atoms with Gasteiger partial charge in [-0.1, -0.05) is 31.0 Å². The summed E-state index contributed by atoms with van der Waals surface area (Å²) >= 11 is 0. The molecule has 0 amide bonds. The van der Waals surface area contributed by atoms with Gasteiger partial charge in [0, 0.05) is 35.7 Å². The number of Topliss-reactive ketones (excluding diaryl/α,β-unsaturated/α-hetero) is 1. The number of ether oxygens (including phenoxy) is 2. The Morgan fingerprint density at radius 3 is 2.64 bits per heavy atom. The summed E-state index contributed by atoms with van der Waals surface area (Å²) in [7, 11) is 0. The van der Waals surface area contributed by atoms with Gasteiger partial charge in [0.2, 0.25) is 0 Å². The Hall–Kier alpha value is -3.33. The largest absolute Gasteiger partial charge is 0.462 e. The summed E-state index contributed by atoms with van der Waals surface area (Å²) in [4.78, 5) is 39.9. The number of esters is 2. The quantitative estimate of drug-likeness (QED) is 0.517. The first-order valence-corrected chi connectivity index (χ1v) is 11.3. The Labute approximate surface area is 192 Å². The van der Waals surface area contributed by atoms with Crippen LogP contribution < -0.4 is 0 Å². The monoisotopic (exact) mass is 446 g/mol. The van der Waals surface area contributed by atoms with E-state index in [2.05, 4.69) is 11.8 Å². The molecule has 2 heterocycles. The lowest BCUT2D eigenvalue weighted by atomic mass is 9.45. The van der Waals surface area contributed by atoms with E-state index in [9.17, 15) is 14.4 Å². The fraction of sp³-hybridized carbons (Fsp3) is 0.444. The lowest BCUT2D eigenvalue weighted by Crippen LogP contribution is -2.63. The van der Waals surface area contributed by atoms with Crippen LogP contribution in [-0.2, 0) is 19.1 Å². The molecule has 2 aliphatic carbocycles. The molecule has 3 fully saturated rings. The van der Waals surface area contributed by atoms with Gasteiger partial charge in [0.05, 0.1) is 17.2 Å². The number of hydrogen-bond acceptors (Lipinski definition) is 6. The van der Waals surface area contributed by atoms with Crippen LogP contribution in [0.25, 0.3) is 0 Å². The normalized spacial score (nSPS) is 34.6. The minimum Gasteiger partial charge on any atom is -0.462 e. The molecule has 6 atom stereocenters. The second kappa shape index (κ2) is 7.62. The van der Waals surface area contributed by atoms with Gasteiger partial charge in [-0.05, 0) is 44.4 Å². The Morgan fingerprint density at radius 2 is 1.91 bits per heavy atom. The zero-order valence-electron chi connectivity index (χ0n) is 18.9. The van der Waals surface area contributed by atoms with Gasteiger partial charge in [-0.2, -0.15) is 0 Å². The first kappa shape index (κ1) is 21.5. The molecule has 5 rings (SSSR count). The molecule has 1 aromatic carbocycles. The predicted octanol–water partition coefficient (Wildman–Crippen LogP) is 4.28. The van der Waals surface area contributed by atoms with Crippen molar-refractivity contribution in [3.8, 4) is 11.8 Å². The third-order valence-corrected chi connectivity index (χ3v) is 8.11. The Balaban J connectivity index is 1.65. The molecule has 2 aromatic rings. The number of ketones is 1. The molecule has 1 saturated heterocycles. The summed E-state index contributed by atoms with van der Waals surface area (Å²) in [5.74, 6) is 4.56. The summed E-state index contributed by atoms with van der Waals surface area (Å²) in [5, 5.41) is 0. The molecule has 1 aromatic heterocycles. The van der Waals surface area contributed by atoms with Crippen LogP contribution in [0.5, 0.6) is 0 Å². The van der Waals surface area contributed by atoms with Crippen molar-refractivity contribution in [3.05, 3.63) is 59.5 Å². The maximum atomic E-state index is 13.5. The third-order valence-electron chi connectivity index (χ3n) is 8.11. The zero-order chi connectivity index (χ0) is 23.4. The van der Waals surface area contributed by atoms with Crippen LogP contribution in [0.4, 0.5) is 0 Å². The fourth-order valence-corrected chi connectivity index (χ4v) is 6.25. The molecule has 1 aliphatic heterocycles. The van der Waals surface area contributed by atoms with Gasteiger partial charge in [0.25, 0.3) is 0 Å². The number of furan rings is 1. The van der Waals surface area contributed by atoms with Gasteiger partial charge in [0.15, 0.2) is 5.76 Å². The molecule has 170 valence electrons. The fourth-order valence-electron chi connectivity index (χ4n) is 6.25. The summed E-state index contributed by atoms with van der Waals surface area (Å²) < 4.78 is 17.5. The van der Waals surface area contributed by atoms with Crippen LogP contribution in [0.3, 0.4) is 0 Å². The van der Waals surface area contributed by atoms with Crippen molar-refractivity contribution in [1.82, 2.24) is 0 Å². The van der Waals surface area contributed by atoms with Crippen molar-refractivity contribution in [2.75, 3.05) is 0 Å². The lowest BCUT2D eigenvalue weighted by Gasteiger charge is -2.56. The van der Waals surface area contributed by atoms with Crippen LogP contribution in [0.2, 0.25) is 0 Å². The molecular formula is C27H26O6. The first-order chi connectivity index (χ1) is 15.8. The van der Waals surface area contributed by atoms with E-state index < -0.39 is 34.7 Å². The van der Waals surface area contributed by atoms with E-state index >= 15 is 0 Å². The summed E-state index contributed by atoms with van der Waals surface area (Å²) in [6.45, 7) is 5.47. The predicted molar refractivity (Wildman–Crippen MR) is 118 cm³/mol. The number of fused-ring (bicyclic) bond motifs is 4. The zero-order valence-corrected chi connectivity index (χ0v) is 18.9. The minimum atomic E-state index is -0.948. The minimum absolute atomic E-state index is 0.0559. The highest BCUT2D eigenvalue weighted by molar-refractivity contribution is 5.91. The molecule has 0 radical (unpaired) electrons. The molecule has 6 nitrogen and oxygen atoms in total. The van der Waals surface area contributed by atoms with Gasteiger partial charge in [0.1, 0.15) is 18.0 Å². The van der Waals surface area contributed by atoms with Crippen LogP contribution in [0.1, 0.15) is 67.6 Å². The molecule has 0 N–H and O–H groups in total. The second-order valence-electron chi connectivity index (χ2n) is 9.68.